The Morgan fingerprint density at radius 2 is 1.96 bits per heavy atom. The fourth-order valence-corrected chi connectivity index (χ4v) is 4.50. The molecule has 1 aliphatic rings. The van der Waals surface area contributed by atoms with E-state index in [9.17, 15) is 0 Å². The lowest BCUT2D eigenvalue weighted by Crippen LogP contribution is -2.38. The number of hydrogen-bond donors (Lipinski definition) is 1. The molecule has 1 saturated heterocycles. The first kappa shape index (κ1) is 18.4. The molecular formula is C22H27N3OS. The molecule has 27 heavy (non-hydrogen) atoms. The van der Waals surface area contributed by atoms with Crippen LogP contribution in [0.5, 0.6) is 0 Å². The highest BCUT2D eigenvalue weighted by atomic mass is 32.1. The first-order valence-corrected chi connectivity index (χ1v) is 10.7. The summed E-state index contributed by atoms with van der Waals surface area (Å²) in [6.45, 7) is 6.08. The summed E-state index contributed by atoms with van der Waals surface area (Å²) in [4.78, 5) is 7.35. The number of thiazole rings is 1. The minimum atomic E-state index is 0.301. The highest BCUT2D eigenvalue weighted by Gasteiger charge is 2.24. The zero-order chi connectivity index (χ0) is 18.5. The van der Waals surface area contributed by atoms with Gasteiger partial charge in [0.1, 0.15) is 10.8 Å². The van der Waals surface area contributed by atoms with Crippen molar-refractivity contribution in [1.82, 2.24) is 15.2 Å². The molecule has 2 aromatic heterocycles. The van der Waals surface area contributed by atoms with Gasteiger partial charge in [0.05, 0.1) is 18.0 Å². The standard InChI is InChI=1S/C22H27N3OS/c1-17-7-9-18(10-8-17)22-24-19(16-27-22)14-23-15-20(21-6-5-13-26-21)25-11-3-2-4-12-25/h5-10,13,16,20,23H,2-4,11-12,14-15H2,1H3. The SMILES string of the molecule is Cc1ccc(-c2nc(CNCC(c3ccco3)N3CCCCC3)cs2)cc1. The van der Waals surface area contributed by atoms with Crippen LogP contribution in [0.1, 0.15) is 42.3 Å². The number of nitrogens with zero attached hydrogens (tertiary/aromatic N) is 2. The van der Waals surface area contributed by atoms with Crippen LogP contribution >= 0.6 is 11.3 Å². The number of aromatic nitrogens is 1. The predicted octanol–water partition coefficient (Wildman–Crippen LogP) is 5.03. The van der Waals surface area contributed by atoms with Crippen molar-refractivity contribution in [2.45, 2.75) is 38.8 Å². The zero-order valence-corrected chi connectivity index (χ0v) is 16.7. The number of likely N-dealkylation sites (tertiary alicyclic amines) is 1. The van der Waals surface area contributed by atoms with E-state index >= 15 is 0 Å². The van der Waals surface area contributed by atoms with Crippen LogP contribution in [0, 0.1) is 6.92 Å². The van der Waals surface area contributed by atoms with E-state index < -0.39 is 0 Å². The quantitative estimate of drug-likeness (QED) is 0.623. The predicted molar refractivity (Wildman–Crippen MR) is 111 cm³/mol. The Balaban J connectivity index is 1.37. The molecule has 0 bridgehead atoms. The number of hydrogen-bond acceptors (Lipinski definition) is 5. The van der Waals surface area contributed by atoms with Crippen LogP contribution in [0.4, 0.5) is 0 Å². The van der Waals surface area contributed by atoms with E-state index in [1.54, 1.807) is 17.6 Å². The van der Waals surface area contributed by atoms with E-state index in [-0.39, 0.29) is 0 Å². The summed E-state index contributed by atoms with van der Waals surface area (Å²) >= 11 is 1.71. The van der Waals surface area contributed by atoms with Gasteiger partial charge in [0.25, 0.3) is 0 Å². The lowest BCUT2D eigenvalue weighted by atomic mass is 10.1. The minimum absolute atomic E-state index is 0.301. The third kappa shape index (κ3) is 4.67. The van der Waals surface area contributed by atoms with Crippen LogP contribution in [-0.2, 0) is 6.54 Å². The molecule has 5 heteroatoms. The van der Waals surface area contributed by atoms with E-state index in [2.05, 4.69) is 52.9 Å². The molecule has 4 rings (SSSR count). The maximum absolute atomic E-state index is 5.73. The maximum atomic E-state index is 5.73. The number of benzene rings is 1. The first-order chi connectivity index (χ1) is 13.3. The zero-order valence-electron chi connectivity index (χ0n) is 15.9. The molecule has 0 spiro atoms. The molecule has 0 aliphatic carbocycles. The molecule has 1 N–H and O–H groups in total. The summed E-state index contributed by atoms with van der Waals surface area (Å²) in [6.07, 6.45) is 5.68. The molecule has 1 aliphatic heterocycles. The first-order valence-electron chi connectivity index (χ1n) is 9.79. The average Bonchev–Trinajstić information content (AvgIpc) is 3.39. The molecule has 4 nitrogen and oxygen atoms in total. The molecule has 1 atom stereocenters. The van der Waals surface area contributed by atoms with Gasteiger partial charge in [0, 0.05) is 24.0 Å². The number of nitrogens with one attached hydrogen (secondary N) is 1. The average molecular weight is 382 g/mol. The van der Waals surface area contributed by atoms with Crippen LogP contribution < -0.4 is 5.32 Å². The largest absolute Gasteiger partial charge is 0.468 e. The summed E-state index contributed by atoms with van der Waals surface area (Å²) in [5.41, 5.74) is 3.57. The topological polar surface area (TPSA) is 41.3 Å². The van der Waals surface area contributed by atoms with Crippen LogP contribution in [0.15, 0.2) is 52.5 Å². The Bertz CT molecular complexity index is 820. The third-order valence-electron chi connectivity index (χ3n) is 5.20. The van der Waals surface area contributed by atoms with Gasteiger partial charge in [-0.1, -0.05) is 36.2 Å². The fraction of sp³-hybridized carbons (Fsp3) is 0.409. The van der Waals surface area contributed by atoms with Gasteiger partial charge >= 0.3 is 0 Å². The summed E-state index contributed by atoms with van der Waals surface area (Å²) in [6, 6.07) is 13.0. The molecule has 3 aromatic rings. The van der Waals surface area contributed by atoms with E-state index in [0.717, 1.165) is 42.6 Å². The Hall–Kier alpha value is -1.95. The van der Waals surface area contributed by atoms with Gasteiger partial charge in [0.2, 0.25) is 0 Å². The monoisotopic (exact) mass is 381 g/mol. The molecule has 1 aromatic carbocycles. The molecular weight excluding hydrogens is 354 g/mol. The van der Waals surface area contributed by atoms with Gasteiger partial charge in [-0.25, -0.2) is 4.98 Å². The maximum Gasteiger partial charge on any atom is 0.123 e. The van der Waals surface area contributed by atoms with Crippen molar-refractivity contribution >= 4 is 11.3 Å². The van der Waals surface area contributed by atoms with Crippen molar-refractivity contribution < 1.29 is 4.42 Å². The van der Waals surface area contributed by atoms with Gasteiger partial charge in [-0.3, -0.25) is 4.90 Å². The molecule has 1 fully saturated rings. The van der Waals surface area contributed by atoms with Crippen molar-refractivity contribution in [3.63, 3.8) is 0 Å². The normalized spacial score (nSPS) is 16.5. The van der Waals surface area contributed by atoms with Crippen LogP contribution in [0.3, 0.4) is 0 Å². The van der Waals surface area contributed by atoms with E-state index in [1.165, 1.54) is 30.4 Å². The summed E-state index contributed by atoms with van der Waals surface area (Å²) in [5, 5.41) is 6.85. The van der Waals surface area contributed by atoms with Gasteiger partial charge in [-0.15, -0.1) is 11.3 Å². The second-order valence-electron chi connectivity index (χ2n) is 7.27. The van der Waals surface area contributed by atoms with Gasteiger partial charge in [0.15, 0.2) is 0 Å². The Morgan fingerprint density at radius 3 is 2.70 bits per heavy atom. The smallest absolute Gasteiger partial charge is 0.123 e. The van der Waals surface area contributed by atoms with Crippen LogP contribution in [0.2, 0.25) is 0 Å². The summed E-state index contributed by atoms with van der Waals surface area (Å²) < 4.78 is 5.73. The Labute approximate surface area is 165 Å². The highest BCUT2D eigenvalue weighted by Crippen LogP contribution is 2.26. The van der Waals surface area contributed by atoms with Gasteiger partial charge < -0.3 is 9.73 Å². The fourth-order valence-electron chi connectivity index (χ4n) is 3.67. The van der Waals surface area contributed by atoms with E-state index in [1.807, 2.05) is 6.07 Å². The van der Waals surface area contributed by atoms with Crippen molar-refractivity contribution in [3.05, 3.63) is 65.1 Å². The van der Waals surface area contributed by atoms with Crippen molar-refractivity contribution in [3.8, 4) is 10.6 Å². The van der Waals surface area contributed by atoms with Crippen molar-refractivity contribution in [1.29, 1.82) is 0 Å². The van der Waals surface area contributed by atoms with Crippen LogP contribution in [-0.4, -0.2) is 29.5 Å². The van der Waals surface area contributed by atoms with E-state index in [4.69, 9.17) is 9.40 Å². The highest BCUT2D eigenvalue weighted by molar-refractivity contribution is 7.13. The van der Waals surface area contributed by atoms with Crippen LogP contribution in [0.25, 0.3) is 10.6 Å². The van der Waals surface area contributed by atoms with Crippen molar-refractivity contribution in [2.24, 2.45) is 0 Å². The molecule has 142 valence electrons. The molecule has 0 saturated carbocycles. The second-order valence-corrected chi connectivity index (χ2v) is 8.13. The lowest BCUT2D eigenvalue weighted by molar-refractivity contribution is 0.142. The Kier molecular flexibility index (Phi) is 6.02. The molecule has 3 heterocycles. The number of aryl methyl sites for hydroxylation is 1. The lowest BCUT2D eigenvalue weighted by Gasteiger charge is -2.33. The molecule has 0 radical (unpaired) electrons. The van der Waals surface area contributed by atoms with E-state index in [0.29, 0.717) is 6.04 Å². The number of rotatable bonds is 7. The summed E-state index contributed by atoms with van der Waals surface area (Å²) in [7, 11) is 0. The molecule has 0 amide bonds. The second kappa shape index (κ2) is 8.83. The summed E-state index contributed by atoms with van der Waals surface area (Å²) in [5.74, 6) is 1.06. The molecule has 1 unspecified atom stereocenters. The van der Waals surface area contributed by atoms with Crippen molar-refractivity contribution in [2.75, 3.05) is 19.6 Å². The van der Waals surface area contributed by atoms with Gasteiger partial charge in [-0.05, 0) is 45.0 Å². The Morgan fingerprint density at radius 1 is 1.15 bits per heavy atom. The third-order valence-corrected chi connectivity index (χ3v) is 6.14. The number of furan rings is 1. The van der Waals surface area contributed by atoms with Gasteiger partial charge in [-0.2, -0.15) is 0 Å². The number of piperidine rings is 1. The minimum Gasteiger partial charge on any atom is -0.468 e.